The van der Waals surface area contributed by atoms with Gasteiger partial charge >= 0.3 is 0 Å². The number of carbonyl (C=O) groups excluding carboxylic acids is 1. The Morgan fingerprint density at radius 2 is 2.38 bits per heavy atom. The number of nitrogens with zero attached hydrogens (tertiary/aromatic N) is 1. The first-order valence-corrected chi connectivity index (χ1v) is 6.28. The summed E-state index contributed by atoms with van der Waals surface area (Å²) in [6, 6.07) is -0.0514. The molecule has 0 aromatic heterocycles. The molecule has 1 aliphatic heterocycles. The number of ether oxygens (including phenoxy) is 1. The lowest BCUT2D eigenvalue weighted by atomic mass is 10.1. The zero-order valence-electron chi connectivity index (χ0n) is 10.4. The molecule has 0 aliphatic carbocycles. The second kappa shape index (κ2) is 6.86. The van der Waals surface area contributed by atoms with Crippen LogP contribution in [0.5, 0.6) is 0 Å². The van der Waals surface area contributed by atoms with Crippen LogP contribution in [0.3, 0.4) is 0 Å². The maximum Gasteiger partial charge on any atom is 0.224 e. The van der Waals surface area contributed by atoms with Gasteiger partial charge in [0.2, 0.25) is 5.91 Å². The molecule has 0 saturated carbocycles. The molecular formula is C12H24N2O2. The lowest BCUT2D eigenvalue weighted by molar-refractivity contribution is -0.135. The highest BCUT2D eigenvalue weighted by atomic mass is 16.5. The second-order valence-electron chi connectivity index (χ2n) is 4.66. The molecule has 0 aromatic carbocycles. The van der Waals surface area contributed by atoms with Crippen LogP contribution < -0.4 is 5.73 Å². The van der Waals surface area contributed by atoms with E-state index in [-0.39, 0.29) is 18.1 Å². The van der Waals surface area contributed by atoms with E-state index < -0.39 is 0 Å². The molecule has 1 fully saturated rings. The molecule has 1 saturated heterocycles. The molecule has 1 amide bonds. The minimum Gasteiger partial charge on any atom is -0.376 e. The van der Waals surface area contributed by atoms with Crippen molar-refractivity contribution in [2.45, 2.75) is 51.7 Å². The van der Waals surface area contributed by atoms with E-state index in [4.69, 9.17) is 10.5 Å². The van der Waals surface area contributed by atoms with Crippen molar-refractivity contribution in [3.05, 3.63) is 0 Å². The lowest BCUT2D eigenvalue weighted by Crippen LogP contribution is -2.44. The van der Waals surface area contributed by atoms with E-state index in [1.807, 2.05) is 11.8 Å². The van der Waals surface area contributed by atoms with Crippen molar-refractivity contribution >= 4 is 5.91 Å². The van der Waals surface area contributed by atoms with E-state index in [0.717, 1.165) is 39.0 Å². The van der Waals surface area contributed by atoms with Crippen LogP contribution in [0.25, 0.3) is 0 Å². The standard InChI is InChI=1S/C12H24N2O2/c1-3-7-16-11-5-4-6-14(9-11)12(15)8-10(2)13/h10-11H,3-9,13H2,1-2H3. The Balaban J connectivity index is 2.34. The Morgan fingerprint density at radius 1 is 1.62 bits per heavy atom. The lowest BCUT2D eigenvalue weighted by Gasteiger charge is -2.33. The second-order valence-corrected chi connectivity index (χ2v) is 4.66. The SMILES string of the molecule is CCCOC1CCCN(C(=O)CC(C)N)C1. The average molecular weight is 228 g/mol. The third-order valence-corrected chi connectivity index (χ3v) is 2.79. The monoisotopic (exact) mass is 228 g/mol. The number of nitrogens with two attached hydrogens (primary N) is 1. The average Bonchev–Trinajstić information content (AvgIpc) is 2.26. The molecule has 1 rings (SSSR count). The quantitative estimate of drug-likeness (QED) is 0.767. The summed E-state index contributed by atoms with van der Waals surface area (Å²) in [5, 5.41) is 0. The fraction of sp³-hybridized carbons (Fsp3) is 0.917. The number of hydrogen-bond donors (Lipinski definition) is 1. The normalized spacial score (nSPS) is 23.2. The van der Waals surface area contributed by atoms with Gasteiger partial charge in [-0.05, 0) is 26.2 Å². The highest BCUT2D eigenvalue weighted by Crippen LogP contribution is 2.14. The van der Waals surface area contributed by atoms with Crippen LogP contribution in [0, 0.1) is 0 Å². The van der Waals surface area contributed by atoms with E-state index >= 15 is 0 Å². The Kier molecular flexibility index (Phi) is 5.77. The van der Waals surface area contributed by atoms with Crippen LogP contribution in [0.15, 0.2) is 0 Å². The molecular weight excluding hydrogens is 204 g/mol. The first kappa shape index (κ1) is 13.5. The summed E-state index contributed by atoms with van der Waals surface area (Å²) in [5.41, 5.74) is 5.64. The third-order valence-electron chi connectivity index (χ3n) is 2.79. The van der Waals surface area contributed by atoms with Gasteiger partial charge in [-0.25, -0.2) is 0 Å². The maximum atomic E-state index is 11.8. The topological polar surface area (TPSA) is 55.6 Å². The molecule has 0 bridgehead atoms. The summed E-state index contributed by atoms with van der Waals surface area (Å²) in [5.74, 6) is 0.166. The minimum atomic E-state index is -0.0514. The molecule has 2 N–H and O–H groups in total. The minimum absolute atomic E-state index is 0.0514. The molecule has 0 radical (unpaired) electrons. The first-order valence-electron chi connectivity index (χ1n) is 6.28. The van der Waals surface area contributed by atoms with Gasteiger partial charge in [-0.1, -0.05) is 6.92 Å². The molecule has 0 spiro atoms. The summed E-state index contributed by atoms with van der Waals surface area (Å²) in [4.78, 5) is 13.7. The van der Waals surface area contributed by atoms with Gasteiger partial charge in [0.25, 0.3) is 0 Å². The van der Waals surface area contributed by atoms with Crippen LogP contribution in [-0.4, -0.2) is 42.6 Å². The number of carbonyl (C=O) groups is 1. The largest absolute Gasteiger partial charge is 0.376 e. The highest BCUT2D eigenvalue weighted by Gasteiger charge is 2.24. The summed E-state index contributed by atoms with van der Waals surface area (Å²) in [6.07, 6.45) is 3.82. The van der Waals surface area contributed by atoms with Gasteiger partial charge in [-0.15, -0.1) is 0 Å². The van der Waals surface area contributed by atoms with Crippen molar-refractivity contribution in [3.63, 3.8) is 0 Å². The van der Waals surface area contributed by atoms with Crippen LogP contribution in [0.2, 0.25) is 0 Å². The Bertz CT molecular complexity index is 219. The number of amides is 1. The van der Waals surface area contributed by atoms with Gasteiger partial charge in [0.15, 0.2) is 0 Å². The van der Waals surface area contributed by atoms with Crippen molar-refractivity contribution in [1.82, 2.24) is 4.90 Å². The van der Waals surface area contributed by atoms with E-state index in [1.165, 1.54) is 0 Å². The van der Waals surface area contributed by atoms with Crippen LogP contribution in [-0.2, 0) is 9.53 Å². The van der Waals surface area contributed by atoms with Gasteiger partial charge in [-0.3, -0.25) is 4.79 Å². The maximum absolute atomic E-state index is 11.8. The predicted molar refractivity (Wildman–Crippen MR) is 64.1 cm³/mol. The fourth-order valence-corrected chi connectivity index (χ4v) is 1.99. The molecule has 94 valence electrons. The zero-order chi connectivity index (χ0) is 12.0. The summed E-state index contributed by atoms with van der Waals surface area (Å²) in [7, 11) is 0. The number of piperidine rings is 1. The Labute approximate surface area is 98.1 Å². The van der Waals surface area contributed by atoms with Crippen LogP contribution >= 0.6 is 0 Å². The number of hydrogen-bond acceptors (Lipinski definition) is 3. The molecule has 1 aliphatic rings. The molecule has 16 heavy (non-hydrogen) atoms. The first-order chi connectivity index (χ1) is 7.63. The Morgan fingerprint density at radius 3 is 3.00 bits per heavy atom. The molecule has 4 heteroatoms. The molecule has 0 aromatic rings. The van der Waals surface area contributed by atoms with Gasteiger partial charge in [-0.2, -0.15) is 0 Å². The number of rotatable bonds is 5. The molecule has 1 heterocycles. The van der Waals surface area contributed by atoms with E-state index in [2.05, 4.69) is 6.92 Å². The zero-order valence-corrected chi connectivity index (χ0v) is 10.4. The third kappa shape index (κ3) is 4.49. The van der Waals surface area contributed by atoms with Crippen LogP contribution in [0.4, 0.5) is 0 Å². The molecule has 2 atom stereocenters. The summed E-state index contributed by atoms with van der Waals surface area (Å²) >= 11 is 0. The van der Waals surface area contributed by atoms with Crippen molar-refractivity contribution in [2.24, 2.45) is 5.73 Å². The van der Waals surface area contributed by atoms with E-state index in [0.29, 0.717) is 6.42 Å². The van der Waals surface area contributed by atoms with Crippen molar-refractivity contribution in [3.8, 4) is 0 Å². The highest BCUT2D eigenvalue weighted by molar-refractivity contribution is 5.76. The van der Waals surface area contributed by atoms with Gasteiger partial charge in [0.1, 0.15) is 0 Å². The molecule has 4 nitrogen and oxygen atoms in total. The summed E-state index contributed by atoms with van der Waals surface area (Å²) in [6.45, 7) is 6.36. The predicted octanol–water partition coefficient (Wildman–Crippen LogP) is 1.14. The van der Waals surface area contributed by atoms with Gasteiger partial charge < -0.3 is 15.4 Å². The van der Waals surface area contributed by atoms with E-state index in [9.17, 15) is 4.79 Å². The number of likely N-dealkylation sites (tertiary alicyclic amines) is 1. The van der Waals surface area contributed by atoms with Crippen molar-refractivity contribution in [1.29, 1.82) is 0 Å². The van der Waals surface area contributed by atoms with Crippen molar-refractivity contribution in [2.75, 3.05) is 19.7 Å². The fourth-order valence-electron chi connectivity index (χ4n) is 1.99. The van der Waals surface area contributed by atoms with Crippen LogP contribution in [0.1, 0.15) is 39.5 Å². The van der Waals surface area contributed by atoms with Gasteiger partial charge in [0, 0.05) is 32.2 Å². The summed E-state index contributed by atoms with van der Waals surface area (Å²) < 4.78 is 5.69. The Hall–Kier alpha value is -0.610. The van der Waals surface area contributed by atoms with Crippen molar-refractivity contribution < 1.29 is 9.53 Å². The molecule has 2 unspecified atom stereocenters. The smallest absolute Gasteiger partial charge is 0.224 e. The van der Waals surface area contributed by atoms with Gasteiger partial charge in [0.05, 0.1) is 6.10 Å². The van der Waals surface area contributed by atoms with E-state index in [1.54, 1.807) is 0 Å².